The van der Waals surface area contributed by atoms with Gasteiger partial charge in [-0.3, -0.25) is 4.99 Å². The number of rotatable bonds is 4. The largest absolute Gasteiger partial charge is 0.466 e. The first-order chi connectivity index (χ1) is 9.05. The number of carbonyl (C=O) groups excluding carboxylic acids is 1. The topological polar surface area (TPSA) is 86.2 Å². The van der Waals surface area contributed by atoms with Crippen molar-refractivity contribution in [2.75, 3.05) is 7.11 Å². The fraction of sp³-hybridized carbons (Fsp3) is 0.167. The minimum absolute atomic E-state index is 0.649. The van der Waals surface area contributed by atoms with Crippen molar-refractivity contribution in [1.82, 2.24) is 0 Å². The number of hydrogen-bond donors (Lipinski definition) is 0. The predicted molar refractivity (Wildman–Crippen MR) is 74.7 cm³/mol. The molecular formula is C12H8BrN3O2S. The van der Waals surface area contributed by atoms with Gasteiger partial charge in [0, 0.05) is 17.2 Å². The van der Waals surface area contributed by atoms with Gasteiger partial charge in [0.2, 0.25) is 0 Å². The Hall–Kier alpha value is -1.96. The highest BCUT2D eigenvalue weighted by Gasteiger charge is 2.25. The summed E-state index contributed by atoms with van der Waals surface area (Å²) in [5.74, 6) is -0.649. The van der Waals surface area contributed by atoms with E-state index in [1.54, 1.807) is 18.2 Å². The Balaban J connectivity index is 2.98. The van der Waals surface area contributed by atoms with Crippen LogP contribution in [-0.2, 0) is 9.53 Å². The van der Waals surface area contributed by atoms with Crippen LogP contribution in [0.5, 0.6) is 0 Å². The number of ether oxygens (including phenoxy) is 1. The van der Waals surface area contributed by atoms with E-state index >= 15 is 0 Å². The average molecular weight is 338 g/mol. The van der Waals surface area contributed by atoms with Crippen LogP contribution in [0.1, 0.15) is 4.88 Å². The lowest BCUT2D eigenvalue weighted by Crippen LogP contribution is -2.19. The molecule has 5 nitrogen and oxygen atoms in total. The van der Waals surface area contributed by atoms with Crippen LogP contribution in [0.3, 0.4) is 0 Å². The van der Waals surface area contributed by atoms with Crippen molar-refractivity contribution in [3.8, 4) is 12.1 Å². The lowest BCUT2D eigenvalue weighted by Gasteiger charge is -2.06. The first-order valence-corrected chi connectivity index (χ1v) is 6.56. The summed E-state index contributed by atoms with van der Waals surface area (Å²) in [6.07, 6.45) is 3.54. The molecule has 0 saturated carbocycles. The average Bonchev–Trinajstić information content (AvgIpc) is 2.85. The molecular weight excluding hydrogens is 330 g/mol. The normalized spacial score (nSPS) is 11.4. The van der Waals surface area contributed by atoms with E-state index in [0.717, 1.165) is 20.8 Å². The molecule has 7 heteroatoms. The van der Waals surface area contributed by atoms with E-state index in [-0.39, 0.29) is 0 Å². The van der Waals surface area contributed by atoms with Gasteiger partial charge in [0.05, 0.1) is 10.9 Å². The third-order valence-corrected chi connectivity index (χ3v) is 3.55. The van der Waals surface area contributed by atoms with E-state index in [1.807, 2.05) is 6.07 Å². The Bertz CT molecular complexity index is 593. The van der Waals surface area contributed by atoms with Gasteiger partial charge in [0.25, 0.3) is 5.54 Å². The number of nitrogens with zero attached hydrogens (tertiary/aromatic N) is 3. The van der Waals surface area contributed by atoms with Gasteiger partial charge in [-0.2, -0.15) is 10.5 Å². The maximum absolute atomic E-state index is 11.0. The van der Waals surface area contributed by atoms with Gasteiger partial charge in [-0.1, -0.05) is 0 Å². The maximum Gasteiger partial charge on any atom is 0.330 e. The quantitative estimate of drug-likeness (QED) is 0.479. The van der Waals surface area contributed by atoms with Crippen LogP contribution < -0.4 is 0 Å². The summed E-state index contributed by atoms with van der Waals surface area (Å²) in [6, 6.07) is 7.15. The van der Waals surface area contributed by atoms with E-state index in [0.29, 0.717) is 0 Å². The van der Waals surface area contributed by atoms with Crippen molar-refractivity contribution in [1.29, 1.82) is 10.5 Å². The predicted octanol–water partition coefficient (Wildman–Crippen LogP) is 2.44. The van der Waals surface area contributed by atoms with Gasteiger partial charge in [-0.25, -0.2) is 4.79 Å². The molecule has 0 amide bonds. The Kier molecular flexibility index (Phi) is 5.43. The zero-order valence-corrected chi connectivity index (χ0v) is 12.2. The van der Waals surface area contributed by atoms with Gasteiger partial charge in [0.15, 0.2) is 0 Å². The maximum atomic E-state index is 11.0. The Morgan fingerprint density at radius 1 is 1.53 bits per heavy atom. The van der Waals surface area contributed by atoms with Gasteiger partial charge < -0.3 is 4.74 Å². The summed E-state index contributed by atoms with van der Waals surface area (Å²) in [4.78, 5) is 15.7. The smallest absolute Gasteiger partial charge is 0.330 e. The van der Waals surface area contributed by atoms with Crippen molar-refractivity contribution in [3.63, 3.8) is 0 Å². The van der Waals surface area contributed by atoms with Gasteiger partial charge >= 0.3 is 5.97 Å². The van der Waals surface area contributed by atoms with Crippen LogP contribution in [0.25, 0.3) is 0 Å². The lowest BCUT2D eigenvalue weighted by atomic mass is 10.0. The van der Waals surface area contributed by atoms with E-state index in [9.17, 15) is 4.79 Å². The van der Waals surface area contributed by atoms with Gasteiger partial charge in [0.1, 0.15) is 12.1 Å². The molecule has 0 unspecified atom stereocenters. The third kappa shape index (κ3) is 4.32. The molecule has 0 aliphatic carbocycles. The molecule has 0 N–H and O–H groups in total. The van der Waals surface area contributed by atoms with Crippen LogP contribution in [-0.4, -0.2) is 24.8 Å². The standard InChI is InChI=1S/C12H8BrN3O2S/c1-18-11(17)4-5-12(7-14,8-15)16-6-9-2-3-10(13)19-9/h2-6H,1H3/b5-4+,16-6?. The molecule has 1 heterocycles. The van der Waals surface area contributed by atoms with Crippen molar-refractivity contribution in [2.24, 2.45) is 4.99 Å². The number of thiophene rings is 1. The van der Waals surface area contributed by atoms with Crippen LogP contribution in [0, 0.1) is 22.7 Å². The second kappa shape index (κ2) is 6.83. The van der Waals surface area contributed by atoms with Gasteiger partial charge in [-0.05, 0) is 34.1 Å². The van der Waals surface area contributed by atoms with E-state index < -0.39 is 11.5 Å². The zero-order valence-electron chi connectivity index (χ0n) is 9.83. The molecule has 0 aliphatic rings. The van der Waals surface area contributed by atoms with Crippen molar-refractivity contribution >= 4 is 39.5 Å². The Morgan fingerprint density at radius 2 is 2.21 bits per heavy atom. The van der Waals surface area contributed by atoms with Crippen molar-refractivity contribution in [3.05, 3.63) is 32.9 Å². The highest BCUT2D eigenvalue weighted by atomic mass is 79.9. The van der Waals surface area contributed by atoms with Crippen LogP contribution in [0.15, 0.2) is 33.1 Å². The summed E-state index contributed by atoms with van der Waals surface area (Å²) < 4.78 is 5.32. The molecule has 19 heavy (non-hydrogen) atoms. The number of hydrogen-bond acceptors (Lipinski definition) is 6. The summed E-state index contributed by atoms with van der Waals surface area (Å²) >= 11 is 4.71. The third-order valence-electron chi connectivity index (χ3n) is 1.99. The molecule has 0 aliphatic heterocycles. The van der Waals surface area contributed by atoms with E-state index in [1.165, 1.54) is 24.7 Å². The first-order valence-electron chi connectivity index (χ1n) is 4.95. The Morgan fingerprint density at radius 3 is 2.68 bits per heavy atom. The second-order valence-electron chi connectivity index (χ2n) is 3.25. The molecule has 1 aromatic rings. The molecule has 0 spiro atoms. The molecule has 0 saturated heterocycles. The van der Waals surface area contributed by atoms with Crippen LogP contribution in [0.4, 0.5) is 0 Å². The van der Waals surface area contributed by atoms with E-state index in [2.05, 4.69) is 25.7 Å². The summed E-state index contributed by atoms with van der Waals surface area (Å²) in [6.45, 7) is 0. The van der Waals surface area contributed by atoms with Crippen LogP contribution in [0.2, 0.25) is 0 Å². The molecule has 0 atom stereocenters. The number of halogens is 1. The fourth-order valence-electron chi connectivity index (χ4n) is 1.02. The molecule has 1 aromatic heterocycles. The van der Waals surface area contributed by atoms with Crippen molar-refractivity contribution in [2.45, 2.75) is 5.54 Å². The molecule has 1 rings (SSSR count). The number of nitriles is 2. The lowest BCUT2D eigenvalue weighted by molar-refractivity contribution is -0.134. The molecule has 0 fully saturated rings. The summed E-state index contributed by atoms with van der Waals surface area (Å²) in [5, 5.41) is 18.1. The van der Waals surface area contributed by atoms with Crippen molar-refractivity contribution < 1.29 is 9.53 Å². The highest BCUT2D eigenvalue weighted by Crippen LogP contribution is 2.21. The molecule has 0 bridgehead atoms. The molecule has 0 aromatic carbocycles. The number of aliphatic imine (C=N–C) groups is 1. The number of methoxy groups -OCH3 is 1. The number of esters is 1. The highest BCUT2D eigenvalue weighted by molar-refractivity contribution is 9.11. The fourth-order valence-corrected chi connectivity index (χ4v) is 2.32. The van der Waals surface area contributed by atoms with Crippen LogP contribution >= 0.6 is 27.3 Å². The van der Waals surface area contributed by atoms with E-state index in [4.69, 9.17) is 10.5 Å². The van der Waals surface area contributed by atoms with Gasteiger partial charge in [-0.15, -0.1) is 11.3 Å². The number of carbonyl (C=O) groups is 1. The Labute approximate surface area is 122 Å². The molecule has 96 valence electrons. The summed E-state index contributed by atoms with van der Waals surface area (Å²) in [7, 11) is 1.21. The summed E-state index contributed by atoms with van der Waals surface area (Å²) in [5.41, 5.74) is -1.73. The first kappa shape index (κ1) is 15.1. The molecule has 0 radical (unpaired) electrons. The minimum atomic E-state index is -1.73. The zero-order chi connectivity index (χ0) is 14.3. The SMILES string of the molecule is COC(=O)/C=C/C(C#N)(C#N)N=Cc1ccc(Br)s1. The monoisotopic (exact) mass is 337 g/mol. The second-order valence-corrected chi connectivity index (χ2v) is 5.74. The minimum Gasteiger partial charge on any atom is -0.466 e.